The predicted octanol–water partition coefficient (Wildman–Crippen LogP) is 2.08. The van der Waals surface area contributed by atoms with E-state index < -0.39 is 5.60 Å². The second-order valence-corrected chi connectivity index (χ2v) is 5.16. The molecule has 1 aromatic carbocycles. The predicted molar refractivity (Wildman–Crippen MR) is 69.8 cm³/mol. The van der Waals surface area contributed by atoms with Gasteiger partial charge in [-0.15, -0.1) is 0 Å². The van der Waals surface area contributed by atoms with Crippen LogP contribution in [0.4, 0.5) is 5.69 Å². The van der Waals surface area contributed by atoms with Gasteiger partial charge in [0.25, 0.3) is 0 Å². The van der Waals surface area contributed by atoms with Crippen molar-refractivity contribution in [3.8, 4) is 6.07 Å². The zero-order chi connectivity index (χ0) is 13.3. The summed E-state index contributed by atoms with van der Waals surface area (Å²) in [6.07, 6.45) is 0. The summed E-state index contributed by atoms with van der Waals surface area (Å²) < 4.78 is 5.26. The van der Waals surface area contributed by atoms with E-state index in [1.165, 1.54) is 0 Å². The highest BCUT2D eigenvalue weighted by molar-refractivity contribution is 6.32. The maximum Gasteiger partial charge on any atom is 0.107 e. The topological polar surface area (TPSA) is 65.3 Å². The van der Waals surface area contributed by atoms with Gasteiger partial charge in [0.15, 0.2) is 0 Å². The average Bonchev–Trinajstić information content (AvgIpc) is 2.65. The molecule has 2 rings (SSSR count). The highest BCUT2D eigenvalue weighted by Crippen LogP contribution is 2.30. The Balaban J connectivity index is 2.26. The lowest BCUT2D eigenvalue weighted by Gasteiger charge is -2.26. The number of halogens is 1. The van der Waals surface area contributed by atoms with Crippen LogP contribution in [0.5, 0.6) is 0 Å². The van der Waals surface area contributed by atoms with Crippen molar-refractivity contribution in [1.29, 1.82) is 5.26 Å². The molecule has 2 N–H and O–H groups in total. The number of rotatable bonds is 2. The minimum Gasteiger partial charge on any atom is -0.386 e. The largest absolute Gasteiger partial charge is 0.386 e. The fourth-order valence-corrected chi connectivity index (χ4v) is 2.18. The Morgan fingerprint density at radius 3 is 2.89 bits per heavy atom. The number of benzene rings is 1. The number of nitriles is 1. The lowest BCUT2D eigenvalue weighted by Crippen LogP contribution is -2.43. The fraction of sp³-hybridized carbons (Fsp3) is 0.462. The summed E-state index contributed by atoms with van der Waals surface area (Å²) in [6, 6.07) is 5.33. The number of hydrogen-bond donors (Lipinski definition) is 2. The van der Waals surface area contributed by atoms with E-state index in [9.17, 15) is 5.11 Å². The summed E-state index contributed by atoms with van der Waals surface area (Å²) in [5, 5.41) is 22.7. The number of nitrogens with one attached hydrogen (secondary N) is 1. The molecule has 0 unspecified atom stereocenters. The lowest BCUT2D eigenvalue weighted by atomic mass is 10.00. The molecule has 1 aliphatic heterocycles. The summed E-state index contributed by atoms with van der Waals surface area (Å²) in [7, 11) is 0. The molecule has 0 aromatic heterocycles. The van der Waals surface area contributed by atoms with Crippen LogP contribution in [0.15, 0.2) is 12.1 Å². The third-order valence-electron chi connectivity index (χ3n) is 3.27. The van der Waals surface area contributed by atoms with Gasteiger partial charge in [-0.3, -0.25) is 0 Å². The number of nitrogens with zero attached hydrogens (tertiary/aromatic N) is 1. The van der Waals surface area contributed by atoms with E-state index in [4.69, 9.17) is 21.6 Å². The molecule has 1 aliphatic rings. The van der Waals surface area contributed by atoms with Gasteiger partial charge in [0.2, 0.25) is 0 Å². The normalized spacial score (nSPS) is 26.9. The first kappa shape index (κ1) is 13.2. The molecule has 1 heterocycles. The summed E-state index contributed by atoms with van der Waals surface area (Å²) in [5.74, 6) is 0. The van der Waals surface area contributed by atoms with Gasteiger partial charge in [-0.2, -0.15) is 5.26 Å². The van der Waals surface area contributed by atoms with E-state index >= 15 is 0 Å². The van der Waals surface area contributed by atoms with Gasteiger partial charge in [0.05, 0.1) is 29.8 Å². The Kier molecular flexibility index (Phi) is 3.49. The molecule has 1 aromatic rings. The zero-order valence-electron chi connectivity index (χ0n) is 10.3. The van der Waals surface area contributed by atoms with Crippen LogP contribution < -0.4 is 5.32 Å². The summed E-state index contributed by atoms with van der Waals surface area (Å²) >= 11 is 6.10. The van der Waals surface area contributed by atoms with Crippen molar-refractivity contribution in [3.05, 3.63) is 28.3 Å². The minimum absolute atomic E-state index is 0.180. The molecule has 96 valence electrons. The van der Waals surface area contributed by atoms with Crippen LogP contribution in [-0.2, 0) is 4.74 Å². The van der Waals surface area contributed by atoms with Crippen molar-refractivity contribution in [3.63, 3.8) is 0 Å². The van der Waals surface area contributed by atoms with Crippen molar-refractivity contribution >= 4 is 17.3 Å². The van der Waals surface area contributed by atoms with Gasteiger partial charge < -0.3 is 15.2 Å². The van der Waals surface area contributed by atoms with Gasteiger partial charge in [-0.05, 0) is 31.5 Å². The Bertz CT molecular complexity index is 508. The van der Waals surface area contributed by atoms with Crippen molar-refractivity contribution in [1.82, 2.24) is 0 Å². The second kappa shape index (κ2) is 4.77. The van der Waals surface area contributed by atoms with Crippen LogP contribution in [0.3, 0.4) is 0 Å². The summed E-state index contributed by atoms with van der Waals surface area (Å²) in [6.45, 7) is 4.34. The third kappa shape index (κ3) is 2.30. The molecule has 0 radical (unpaired) electrons. The highest BCUT2D eigenvalue weighted by atomic mass is 35.5. The van der Waals surface area contributed by atoms with Gasteiger partial charge in [-0.25, -0.2) is 0 Å². The lowest BCUT2D eigenvalue weighted by molar-refractivity contribution is 0.0389. The first-order valence-electron chi connectivity index (χ1n) is 5.71. The van der Waals surface area contributed by atoms with Crippen LogP contribution in [0, 0.1) is 18.3 Å². The number of anilines is 1. The maximum atomic E-state index is 10.1. The van der Waals surface area contributed by atoms with E-state index in [-0.39, 0.29) is 6.04 Å². The van der Waals surface area contributed by atoms with Crippen molar-refractivity contribution in [2.24, 2.45) is 0 Å². The zero-order valence-corrected chi connectivity index (χ0v) is 11.1. The van der Waals surface area contributed by atoms with E-state index in [0.29, 0.717) is 23.8 Å². The molecule has 5 heteroatoms. The van der Waals surface area contributed by atoms with E-state index in [0.717, 1.165) is 11.3 Å². The molecular weight excluding hydrogens is 252 g/mol. The van der Waals surface area contributed by atoms with Gasteiger partial charge in [0.1, 0.15) is 11.7 Å². The van der Waals surface area contributed by atoms with Crippen LogP contribution in [0.1, 0.15) is 18.1 Å². The Morgan fingerprint density at radius 1 is 1.61 bits per heavy atom. The van der Waals surface area contributed by atoms with E-state index in [2.05, 4.69) is 5.32 Å². The molecule has 1 fully saturated rings. The second-order valence-electron chi connectivity index (χ2n) is 4.78. The Hall–Kier alpha value is -1.28. The SMILES string of the molecule is Cc1c(N[C@@H]2COC[C@]2(C)O)ccc(C#N)c1Cl. The molecule has 2 atom stereocenters. The Labute approximate surface area is 111 Å². The summed E-state index contributed by atoms with van der Waals surface area (Å²) in [5.41, 5.74) is 1.18. The first-order chi connectivity index (χ1) is 8.45. The molecule has 0 amide bonds. The highest BCUT2D eigenvalue weighted by Gasteiger charge is 2.38. The fourth-order valence-electron chi connectivity index (χ4n) is 1.98. The quantitative estimate of drug-likeness (QED) is 0.860. The number of hydrogen-bond acceptors (Lipinski definition) is 4. The maximum absolute atomic E-state index is 10.1. The third-order valence-corrected chi connectivity index (χ3v) is 3.75. The van der Waals surface area contributed by atoms with E-state index in [1.54, 1.807) is 19.1 Å². The van der Waals surface area contributed by atoms with Crippen LogP contribution in [0.25, 0.3) is 0 Å². The smallest absolute Gasteiger partial charge is 0.107 e. The summed E-state index contributed by atoms with van der Waals surface area (Å²) in [4.78, 5) is 0. The molecule has 18 heavy (non-hydrogen) atoms. The van der Waals surface area contributed by atoms with Gasteiger partial charge in [0, 0.05) is 5.69 Å². The van der Waals surface area contributed by atoms with Crippen LogP contribution in [0.2, 0.25) is 5.02 Å². The number of ether oxygens (including phenoxy) is 1. The van der Waals surface area contributed by atoms with Crippen LogP contribution >= 0.6 is 11.6 Å². The van der Waals surface area contributed by atoms with E-state index in [1.807, 2.05) is 13.0 Å². The molecule has 1 saturated heterocycles. The molecule has 0 saturated carbocycles. The standard InChI is InChI=1S/C13H15ClN2O2/c1-8-10(4-3-9(5-15)12(8)14)16-11-6-18-7-13(11,2)17/h3-4,11,16-17H,6-7H2,1-2H3/t11-,13+/m1/s1. The molecule has 0 aliphatic carbocycles. The average molecular weight is 267 g/mol. The molecular formula is C13H15ClN2O2. The Morgan fingerprint density at radius 2 is 2.33 bits per heavy atom. The molecule has 0 bridgehead atoms. The van der Waals surface area contributed by atoms with Crippen molar-refractivity contribution < 1.29 is 9.84 Å². The van der Waals surface area contributed by atoms with Gasteiger partial charge in [-0.1, -0.05) is 11.6 Å². The van der Waals surface area contributed by atoms with Crippen molar-refractivity contribution in [2.75, 3.05) is 18.5 Å². The monoisotopic (exact) mass is 266 g/mol. The first-order valence-corrected chi connectivity index (χ1v) is 6.09. The van der Waals surface area contributed by atoms with Crippen molar-refractivity contribution in [2.45, 2.75) is 25.5 Å². The minimum atomic E-state index is -0.896. The van der Waals surface area contributed by atoms with Gasteiger partial charge >= 0.3 is 0 Å². The number of aliphatic hydroxyl groups is 1. The molecule has 0 spiro atoms. The van der Waals surface area contributed by atoms with Crippen LogP contribution in [-0.4, -0.2) is 30.0 Å². The molecule has 4 nitrogen and oxygen atoms in total.